The summed E-state index contributed by atoms with van der Waals surface area (Å²) in [6.45, 7) is 5.01. The fourth-order valence-electron chi connectivity index (χ4n) is 3.78. The molecule has 3 rings (SSSR count). The molecule has 1 aliphatic heterocycles. The Kier molecular flexibility index (Phi) is 8.33. The van der Waals surface area contributed by atoms with Gasteiger partial charge in [-0.3, -0.25) is 14.5 Å². The minimum absolute atomic E-state index is 0.0561. The van der Waals surface area contributed by atoms with E-state index >= 15 is 0 Å². The molecule has 13 heteroatoms. The first-order valence-electron chi connectivity index (χ1n) is 10.8. The number of nitrogens with one attached hydrogen (secondary N) is 2. The van der Waals surface area contributed by atoms with E-state index in [0.717, 1.165) is 29.7 Å². The van der Waals surface area contributed by atoms with Crippen LogP contribution in [-0.4, -0.2) is 48.7 Å². The minimum Gasteiger partial charge on any atom is -0.446 e. The van der Waals surface area contributed by atoms with Crippen molar-refractivity contribution in [1.82, 2.24) is 19.9 Å². The van der Waals surface area contributed by atoms with E-state index in [1.165, 1.54) is 6.26 Å². The largest absolute Gasteiger partial charge is 0.516 e. The quantitative estimate of drug-likeness (QED) is 0.468. The maximum Gasteiger partial charge on any atom is 0.516 e. The number of carbonyl (C=O) groups is 2. The molecule has 1 saturated heterocycles. The van der Waals surface area contributed by atoms with E-state index in [2.05, 4.69) is 21.8 Å². The highest BCUT2D eigenvalue weighted by atomic mass is 32.2. The van der Waals surface area contributed by atoms with Gasteiger partial charge in [0, 0.05) is 19.5 Å². The molecule has 0 bridgehead atoms. The molecule has 2 heterocycles. The maximum absolute atomic E-state index is 12.5. The summed E-state index contributed by atoms with van der Waals surface area (Å²) in [5.74, 6) is -1.21. The molecule has 2 aromatic rings. The summed E-state index contributed by atoms with van der Waals surface area (Å²) in [6, 6.07) is 6.92. The monoisotopic (exact) mass is 514 g/mol. The van der Waals surface area contributed by atoms with Gasteiger partial charge >= 0.3 is 15.5 Å². The highest BCUT2D eigenvalue weighted by molar-refractivity contribution is 7.90. The smallest absolute Gasteiger partial charge is 0.446 e. The molecule has 1 unspecified atom stereocenters. The van der Waals surface area contributed by atoms with Crippen molar-refractivity contribution >= 4 is 21.8 Å². The highest BCUT2D eigenvalue weighted by Crippen LogP contribution is 2.33. The summed E-state index contributed by atoms with van der Waals surface area (Å²) < 4.78 is 66.3. The van der Waals surface area contributed by atoms with Gasteiger partial charge < -0.3 is 9.73 Å². The van der Waals surface area contributed by atoms with Gasteiger partial charge in [0.25, 0.3) is 5.91 Å². The van der Waals surface area contributed by atoms with Gasteiger partial charge in [-0.15, -0.1) is 6.58 Å². The lowest BCUT2D eigenvalue weighted by Gasteiger charge is -2.23. The van der Waals surface area contributed by atoms with Gasteiger partial charge in [-0.05, 0) is 36.9 Å². The molecule has 2 amide bonds. The van der Waals surface area contributed by atoms with Crippen molar-refractivity contribution in [3.63, 3.8) is 0 Å². The summed E-state index contributed by atoms with van der Waals surface area (Å²) >= 11 is 0. The molecule has 1 atom stereocenters. The summed E-state index contributed by atoms with van der Waals surface area (Å²) in [5.41, 5.74) is -3.86. The second-order valence-electron chi connectivity index (χ2n) is 7.94. The Morgan fingerprint density at radius 3 is 2.66 bits per heavy atom. The molecule has 190 valence electrons. The number of likely N-dealkylation sites (tertiary alicyclic amines) is 1. The molecule has 9 nitrogen and oxygen atoms in total. The average molecular weight is 515 g/mol. The van der Waals surface area contributed by atoms with Crippen LogP contribution in [0.5, 0.6) is 0 Å². The number of nitrogens with zero attached hydrogens (tertiary/aromatic N) is 2. The van der Waals surface area contributed by atoms with Crippen molar-refractivity contribution < 1.29 is 35.6 Å². The van der Waals surface area contributed by atoms with Gasteiger partial charge in [-0.1, -0.05) is 30.3 Å². The number of carbonyl (C=O) groups excluding carboxylic acids is 2. The lowest BCUT2D eigenvalue weighted by molar-refractivity contribution is -0.120. The minimum atomic E-state index is -5.74. The number of alkyl halides is 3. The number of halogens is 3. The van der Waals surface area contributed by atoms with Crippen molar-refractivity contribution in [3.8, 4) is 0 Å². The molecular formula is C22H25F3N4O5S. The third-order valence-electron chi connectivity index (χ3n) is 5.48. The van der Waals surface area contributed by atoms with E-state index in [0.29, 0.717) is 24.5 Å². The Hall–Kier alpha value is -3.19. The van der Waals surface area contributed by atoms with Crippen LogP contribution < -0.4 is 10.0 Å². The number of amides is 2. The van der Waals surface area contributed by atoms with Crippen LogP contribution in [0.4, 0.5) is 13.2 Å². The third-order valence-corrected chi connectivity index (χ3v) is 6.58. The lowest BCUT2D eigenvalue weighted by atomic mass is 10.0. The first-order chi connectivity index (χ1) is 16.5. The Morgan fingerprint density at radius 2 is 1.97 bits per heavy atom. The molecule has 2 N–H and O–H groups in total. The van der Waals surface area contributed by atoms with Crippen molar-refractivity contribution in [2.45, 2.75) is 43.8 Å². The lowest BCUT2D eigenvalue weighted by Crippen LogP contribution is -2.40. The number of aromatic nitrogens is 1. The van der Waals surface area contributed by atoms with E-state index < -0.39 is 27.9 Å². The number of hydrogen-bond donors (Lipinski definition) is 2. The van der Waals surface area contributed by atoms with Crippen LogP contribution in [0.25, 0.3) is 0 Å². The fourth-order valence-corrected chi connectivity index (χ4v) is 4.29. The molecule has 0 spiro atoms. The van der Waals surface area contributed by atoms with E-state index in [-0.39, 0.29) is 24.1 Å². The van der Waals surface area contributed by atoms with Crippen LogP contribution in [0.15, 0.2) is 47.6 Å². The topological polar surface area (TPSA) is 122 Å². The predicted octanol–water partition coefficient (Wildman–Crippen LogP) is 2.83. The van der Waals surface area contributed by atoms with Gasteiger partial charge in [0.05, 0.1) is 6.04 Å². The highest BCUT2D eigenvalue weighted by Gasteiger charge is 2.46. The van der Waals surface area contributed by atoms with Gasteiger partial charge in [-0.2, -0.15) is 21.6 Å². The second kappa shape index (κ2) is 11.0. The number of rotatable bonds is 10. The number of hydrogen-bond acceptors (Lipinski definition) is 7. The molecule has 1 fully saturated rings. The normalized spacial score (nSPS) is 16.7. The molecule has 35 heavy (non-hydrogen) atoms. The molecule has 1 aliphatic rings. The van der Waals surface area contributed by atoms with Crippen LogP contribution >= 0.6 is 0 Å². The Morgan fingerprint density at radius 1 is 1.26 bits per heavy atom. The van der Waals surface area contributed by atoms with Crippen molar-refractivity contribution in [2.75, 3.05) is 13.1 Å². The fraction of sp³-hybridized carbons (Fsp3) is 0.409. The zero-order valence-corrected chi connectivity index (χ0v) is 19.5. The zero-order valence-electron chi connectivity index (χ0n) is 18.7. The van der Waals surface area contributed by atoms with E-state index in [9.17, 15) is 31.2 Å². The Labute approximate surface area is 200 Å². The van der Waals surface area contributed by atoms with Gasteiger partial charge in [0.1, 0.15) is 6.26 Å². The second-order valence-corrected chi connectivity index (χ2v) is 9.62. The molecule has 0 radical (unpaired) electrons. The molecule has 1 aromatic carbocycles. The van der Waals surface area contributed by atoms with Crippen molar-refractivity contribution in [2.24, 2.45) is 0 Å². The first-order valence-corrected chi connectivity index (χ1v) is 12.3. The summed E-state index contributed by atoms with van der Waals surface area (Å²) in [6.07, 6.45) is 4.10. The van der Waals surface area contributed by atoms with E-state index in [4.69, 9.17) is 4.42 Å². The predicted molar refractivity (Wildman–Crippen MR) is 119 cm³/mol. The zero-order chi connectivity index (χ0) is 25.6. The van der Waals surface area contributed by atoms with Gasteiger partial charge in [0.2, 0.25) is 11.8 Å². The van der Waals surface area contributed by atoms with E-state index in [1.807, 2.05) is 6.07 Å². The van der Waals surface area contributed by atoms with Gasteiger partial charge in [-0.25, -0.2) is 9.71 Å². The third kappa shape index (κ3) is 6.69. The standard InChI is InChI=1S/C22H25F3N4O5S/c1-2-11-26-20(31)17-14-34-21(27-17)18-8-5-12-29(18)13-16-7-4-3-6-15(16)9-10-19(30)28-35(32,33)22(23,24)25/h2-4,6-7,14,18H,1,5,8-13H2,(H,26,31)(H,28,30). The number of aryl methyl sites for hydroxylation is 1. The van der Waals surface area contributed by atoms with Crippen LogP contribution in [-0.2, 0) is 27.8 Å². The number of oxazole rings is 1. The first kappa shape index (κ1) is 26.4. The number of benzene rings is 1. The molecule has 0 aliphatic carbocycles. The average Bonchev–Trinajstić information content (AvgIpc) is 3.45. The van der Waals surface area contributed by atoms with Crippen LogP contribution in [0.2, 0.25) is 0 Å². The Balaban J connectivity index is 1.66. The summed E-state index contributed by atoms with van der Waals surface area (Å²) in [5, 5.41) is 2.63. The van der Waals surface area contributed by atoms with Crippen LogP contribution in [0.3, 0.4) is 0 Å². The summed E-state index contributed by atoms with van der Waals surface area (Å²) in [4.78, 5) is 30.3. The van der Waals surface area contributed by atoms with Crippen molar-refractivity contribution in [1.29, 1.82) is 0 Å². The molecule has 0 saturated carbocycles. The maximum atomic E-state index is 12.5. The van der Waals surface area contributed by atoms with Crippen molar-refractivity contribution in [3.05, 3.63) is 65.9 Å². The molecular weight excluding hydrogens is 489 g/mol. The Bertz CT molecular complexity index is 1180. The SMILES string of the molecule is C=CCNC(=O)c1coc(C2CCCN2Cc2ccccc2CCC(=O)NS(=O)(=O)C(F)(F)F)n1. The van der Waals surface area contributed by atoms with E-state index in [1.54, 1.807) is 24.3 Å². The number of sulfonamides is 1. The van der Waals surface area contributed by atoms with Crippen LogP contribution in [0.1, 0.15) is 52.8 Å². The molecule has 1 aromatic heterocycles. The summed E-state index contributed by atoms with van der Waals surface area (Å²) in [7, 11) is -5.74. The van der Waals surface area contributed by atoms with Crippen LogP contribution in [0, 0.1) is 0 Å². The van der Waals surface area contributed by atoms with Gasteiger partial charge in [0.15, 0.2) is 5.69 Å².